The Bertz CT molecular complexity index is 714. The van der Waals surface area contributed by atoms with Gasteiger partial charge in [-0.1, -0.05) is 0 Å². The van der Waals surface area contributed by atoms with E-state index in [9.17, 15) is 4.79 Å². The van der Waals surface area contributed by atoms with Gasteiger partial charge in [0.1, 0.15) is 11.3 Å². The van der Waals surface area contributed by atoms with Crippen LogP contribution in [0, 0.1) is 12.8 Å². The maximum atomic E-state index is 12.6. The molecule has 5 heteroatoms. The highest BCUT2D eigenvalue weighted by Gasteiger charge is 2.40. The molecule has 1 N–H and O–H groups in total. The van der Waals surface area contributed by atoms with Crippen molar-refractivity contribution in [1.82, 2.24) is 15.2 Å². The number of hydrogen-bond donors (Lipinski definition) is 1. The van der Waals surface area contributed by atoms with Gasteiger partial charge < -0.3 is 9.73 Å². The number of piperidine rings is 3. The minimum atomic E-state index is -0.0907. The monoisotopic (exact) mass is 299 g/mol. The Hall–Kier alpha value is -1.88. The highest BCUT2D eigenvalue weighted by atomic mass is 16.3. The number of carbonyl (C=O) groups is 1. The molecule has 0 saturated carbocycles. The zero-order valence-electron chi connectivity index (χ0n) is 13.0. The van der Waals surface area contributed by atoms with Gasteiger partial charge in [-0.2, -0.15) is 0 Å². The molecule has 3 aliphatic rings. The van der Waals surface area contributed by atoms with Crippen LogP contribution in [0.25, 0.3) is 11.0 Å². The van der Waals surface area contributed by atoms with Gasteiger partial charge in [0.05, 0.1) is 6.26 Å². The molecule has 2 unspecified atom stereocenters. The second-order valence-corrected chi connectivity index (χ2v) is 6.54. The van der Waals surface area contributed by atoms with Crippen molar-refractivity contribution in [2.45, 2.75) is 38.8 Å². The number of aryl methyl sites for hydroxylation is 1. The van der Waals surface area contributed by atoms with E-state index in [4.69, 9.17) is 4.42 Å². The van der Waals surface area contributed by atoms with Crippen molar-refractivity contribution in [2.24, 2.45) is 5.92 Å². The number of carbonyl (C=O) groups excluding carboxylic acids is 1. The number of furan rings is 1. The summed E-state index contributed by atoms with van der Waals surface area (Å²) in [5.74, 6) is 0.504. The molecule has 5 rings (SSSR count). The van der Waals surface area contributed by atoms with Crippen molar-refractivity contribution in [3.05, 3.63) is 29.8 Å². The summed E-state index contributed by atoms with van der Waals surface area (Å²) in [7, 11) is 0. The molecule has 5 nitrogen and oxygen atoms in total. The maximum absolute atomic E-state index is 12.6. The molecule has 5 heterocycles. The van der Waals surface area contributed by atoms with Crippen LogP contribution in [0.1, 0.15) is 35.9 Å². The van der Waals surface area contributed by atoms with Crippen molar-refractivity contribution in [1.29, 1.82) is 0 Å². The van der Waals surface area contributed by atoms with E-state index < -0.39 is 0 Å². The standard InChI is InChI=1S/C17H21N3O2/c1-10-13-5-8-22-15(13)9-14(18-10)17(21)19-16-11(2)20-6-3-12(16)4-7-20/h5,8-9,11-12,16H,3-4,6-7H2,1-2H3,(H,19,21). The molecule has 22 heavy (non-hydrogen) atoms. The van der Waals surface area contributed by atoms with Crippen LogP contribution in [0.3, 0.4) is 0 Å². The summed E-state index contributed by atoms with van der Waals surface area (Å²) in [6.45, 7) is 6.44. The molecule has 3 fully saturated rings. The summed E-state index contributed by atoms with van der Waals surface area (Å²) in [6.07, 6.45) is 3.99. The number of hydrogen-bond acceptors (Lipinski definition) is 4. The highest BCUT2D eigenvalue weighted by Crippen LogP contribution is 2.32. The lowest BCUT2D eigenvalue weighted by atomic mass is 9.79. The normalized spacial score (nSPS) is 30.6. The fourth-order valence-corrected chi connectivity index (χ4v) is 4.02. The Morgan fingerprint density at radius 3 is 2.91 bits per heavy atom. The Morgan fingerprint density at radius 1 is 1.41 bits per heavy atom. The van der Waals surface area contributed by atoms with Gasteiger partial charge in [0.2, 0.25) is 0 Å². The number of pyridine rings is 1. The van der Waals surface area contributed by atoms with E-state index in [2.05, 4.69) is 22.1 Å². The summed E-state index contributed by atoms with van der Waals surface area (Å²) in [6, 6.07) is 4.26. The van der Waals surface area contributed by atoms with Crippen molar-refractivity contribution in [2.75, 3.05) is 13.1 Å². The first-order chi connectivity index (χ1) is 10.6. The number of aromatic nitrogens is 1. The average molecular weight is 299 g/mol. The lowest BCUT2D eigenvalue weighted by Crippen LogP contribution is -2.62. The summed E-state index contributed by atoms with van der Waals surface area (Å²) < 4.78 is 5.42. The van der Waals surface area contributed by atoms with Gasteiger partial charge in [-0.3, -0.25) is 9.69 Å². The van der Waals surface area contributed by atoms with Crippen molar-refractivity contribution < 1.29 is 9.21 Å². The minimum Gasteiger partial charge on any atom is -0.464 e. The van der Waals surface area contributed by atoms with E-state index in [-0.39, 0.29) is 11.9 Å². The van der Waals surface area contributed by atoms with Gasteiger partial charge in [-0.05, 0) is 51.8 Å². The highest BCUT2D eigenvalue weighted by molar-refractivity contribution is 5.96. The van der Waals surface area contributed by atoms with Gasteiger partial charge >= 0.3 is 0 Å². The van der Waals surface area contributed by atoms with Crippen molar-refractivity contribution >= 4 is 16.9 Å². The molecule has 2 aromatic heterocycles. The summed E-state index contributed by atoms with van der Waals surface area (Å²) in [5, 5.41) is 4.18. The lowest BCUT2D eigenvalue weighted by molar-refractivity contribution is 0.0216. The number of fused-ring (bicyclic) bond motifs is 4. The van der Waals surface area contributed by atoms with Gasteiger partial charge in [-0.25, -0.2) is 4.98 Å². The van der Waals surface area contributed by atoms with Crippen LogP contribution in [-0.2, 0) is 0 Å². The van der Waals surface area contributed by atoms with Crippen LogP contribution in [0.2, 0.25) is 0 Å². The van der Waals surface area contributed by atoms with E-state index in [0.29, 0.717) is 17.7 Å². The summed E-state index contributed by atoms with van der Waals surface area (Å²) >= 11 is 0. The number of nitrogens with zero attached hydrogens (tertiary/aromatic N) is 2. The molecular weight excluding hydrogens is 278 g/mol. The van der Waals surface area contributed by atoms with Crippen molar-refractivity contribution in [3.63, 3.8) is 0 Å². The van der Waals surface area contributed by atoms with Crippen molar-refractivity contribution in [3.8, 4) is 0 Å². The molecule has 1 amide bonds. The predicted octanol–water partition coefficient (Wildman–Crippen LogP) is 2.35. The van der Waals surface area contributed by atoms with Crippen LogP contribution < -0.4 is 5.32 Å². The average Bonchev–Trinajstić information content (AvgIpc) is 3.00. The van der Waals surface area contributed by atoms with Crippen LogP contribution in [0.5, 0.6) is 0 Å². The van der Waals surface area contributed by atoms with Gasteiger partial charge in [0.25, 0.3) is 5.91 Å². The zero-order valence-corrected chi connectivity index (χ0v) is 13.0. The van der Waals surface area contributed by atoms with E-state index in [0.717, 1.165) is 29.8 Å². The molecule has 2 bridgehead atoms. The van der Waals surface area contributed by atoms with Crippen LogP contribution in [0.4, 0.5) is 0 Å². The smallest absolute Gasteiger partial charge is 0.270 e. The summed E-state index contributed by atoms with van der Waals surface area (Å²) in [4.78, 5) is 19.5. The maximum Gasteiger partial charge on any atom is 0.270 e. The zero-order chi connectivity index (χ0) is 15.3. The van der Waals surface area contributed by atoms with Gasteiger partial charge in [0.15, 0.2) is 0 Å². The summed E-state index contributed by atoms with van der Waals surface area (Å²) in [5.41, 5.74) is 2.00. The first-order valence-corrected chi connectivity index (χ1v) is 8.03. The number of nitrogens with one attached hydrogen (secondary N) is 1. The quantitative estimate of drug-likeness (QED) is 0.925. The molecule has 0 aliphatic carbocycles. The van der Waals surface area contributed by atoms with Crippen LogP contribution in [0.15, 0.2) is 22.8 Å². The second-order valence-electron chi connectivity index (χ2n) is 6.54. The lowest BCUT2D eigenvalue weighted by Gasteiger charge is -2.49. The Balaban J connectivity index is 1.58. The molecule has 2 aromatic rings. The van der Waals surface area contributed by atoms with E-state index in [1.807, 2.05) is 13.0 Å². The fraction of sp³-hybridized carbons (Fsp3) is 0.529. The van der Waals surface area contributed by atoms with E-state index in [1.54, 1.807) is 12.3 Å². The molecule has 116 valence electrons. The first-order valence-electron chi connectivity index (χ1n) is 8.03. The third kappa shape index (κ3) is 2.11. The predicted molar refractivity (Wildman–Crippen MR) is 83.8 cm³/mol. The molecule has 2 atom stereocenters. The Labute approximate surface area is 129 Å². The molecule has 0 spiro atoms. The topological polar surface area (TPSA) is 58.4 Å². The van der Waals surface area contributed by atoms with Crippen LogP contribution in [-0.4, -0.2) is 41.0 Å². The first kappa shape index (κ1) is 13.8. The third-order valence-corrected chi connectivity index (χ3v) is 5.35. The molecule has 0 radical (unpaired) electrons. The molecular formula is C17H21N3O2. The minimum absolute atomic E-state index is 0.0907. The molecule has 0 aromatic carbocycles. The van der Waals surface area contributed by atoms with E-state index in [1.165, 1.54) is 12.8 Å². The molecule has 3 aliphatic heterocycles. The Kier molecular flexibility index (Phi) is 3.18. The number of amides is 1. The third-order valence-electron chi connectivity index (χ3n) is 5.35. The fourth-order valence-electron chi connectivity index (χ4n) is 4.02. The second kappa shape index (κ2) is 5.09. The SMILES string of the molecule is Cc1nc(C(=O)NC2C3CCN(CC3)C2C)cc2occc12. The van der Waals surface area contributed by atoms with Gasteiger partial charge in [-0.15, -0.1) is 0 Å². The largest absolute Gasteiger partial charge is 0.464 e. The van der Waals surface area contributed by atoms with E-state index >= 15 is 0 Å². The van der Waals surface area contributed by atoms with Gasteiger partial charge in [0, 0.05) is 29.2 Å². The Morgan fingerprint density at radius 2 is 2.18 bits per heavy atom. The van der Waals surface area contributed by atoms with Crippen LogP contribution >= 0.6 is 0 Å². The molecule has 3 saturated heterocycles. The number of rotatable bonds is 2.